The maximum absolute atomic E-state index is 13.9. The van der Waals surface area contributed by atoms with Gasteiger partial charge < -0.3 is 19.7 Å². The Morgan fingerprint density at radius 2 is 1.66 bits per heavy atom. The van der Waals surface area contributed by atoms with Crippen molar-refractivity contribution in [2.24, 2.45) is 0 Å². The fourth-order valence-electron chi connectivity index (χ4n) is 4.53. The van der Waals surface area contributed by atoms with Gasteiger partial charge in [0.25, 0.3) is 5.91 Å². The standard InChI is InChI=1S/C29H29F3N2O4/c1-18-8-9-20(16-19(18)2)27(35)34(21-12-14-33-15-13-21)25-11-10-22(17-23(25)28(36)37-3)38-26-7-5-4-6-24(26)29(30,31)32/h4-11,16-17,21,33H,12-15H2,1-3H3. The molecule has 200 valence electrons. The van der Waals surface area contributed by atoms with E-state index in [1.165, 1.54) is 43.5 Å². The van der Waals surface area contributed by atoms with Crippen molar-refractivity contribution in [1.29, 1.82) is 0 Å². The van der Waals surface area contributed by atoms with Crippen molar-refractivity contribution in [3.05, 3.63) is 88.5 Å². The summed E-state index contributed by atoms with van der Waals surface area (Å²) >= 11 is 0. The molecule has 0 unspecified atom stereocenters. The third kappa shape index (κ3) is 5.83. The smallest absolute Gasteiger partial charge is 0.419 e. The molecule has 6 nitrogen and oxygen atoms in total. The number of rotatable bonds is 6. The molecule has 0 radical (unpaired) electrons. The van der Waals surface area contributed by atoms with Gasteiger partial charge in [-0.15, -0.1) is 0 Å². The minimum absolute atomic E-state index is 0.00902. The summed E-state index contributed by atoms with van der Waals surface area (Å²) in [5, 5.41) is 3.28. The van der Waals surface area contributed by atoms with Gasteiger partial charge in [-0.25, -0.2) is 4.79 Å². The molecule has 1 aliphatic heterocycles. The molecule has 1 fully saturated rings. The Morgan fingerprint density at radius 1 is 0.947 bits per heavy atom. The van der Waals surface area contributed by atoms with Crippen LogP contribution in [-0.4, -0.2) is 38.1 Å². The first kappa shape index (κ1) is 27.2. The summed E-state index contributed by atoms with van der Waals surface area (Å²) in [4.78, 5) is 28.4. The van der Waals surface area contributed by atoms with Crippen LogP contribution in [0.25, 0.3) is 0 Å². The highest BCUT2D eigenvalue weighted by atomic mass is 19.4. The van der Waals surface area contributed by atoms with Crippen LogP contribution in [0.2, 0.25) is 0 Å². The summed E-state index contributed by atoms with van der Waals surface area (Å²) in [6.45, 7) is 5.28. The second-order valence-corrected chi connectivity index (χ2v) is 9.22. The molecule has 3 aromatic rings. The highest BCUT2D eigenvalue weighted by Gasteiger charge is 2.35. The fraction of sp³-hybridized carbons (Fsp3) is 0.310. The van der Waals surface area contributed by atoms with Gasteiger partial charge in [0, 0.05) is 11.6 Å². The van der Waals surface area contributed by atoms with Crippen LogP contribution in [0.15, 0.2) is 60.7 Å². The molecule has 0 atom stereocenters. The second kappa shape index (κ2) is 11.3. The number of esters is 1. The van der Waals surface area contributed by atoms with Crippen LogP contribution in [0.1, 0.15) is 50.2 Å². The van der Waals surface area contributed by atoms with Crippen LogP contribution in [-0.2, 0) is 10.9 Å². The highest BCUT2D eigenvalue weighted by molar-refractivity contribution is 6.10. The SMILES string of the molecule is COC(=O)c1cc(Oc2ccccc2C(F)(F)F)ccc1N(C(=O)c1ccc(C)c(C)c1)C1CCNCC1. The van der Waals surface area contributed by atoms with Crippen LogP contribution >= 0.6 is 0 Å². The Kier molecular flexibility index (Phi) is 8.06. The molecular formula is C29H29F3N2O4. The van der Waals surface area contributed by atoms with Gasteiger partial charge >= 0.3 is 12.1 Å². The Labute approximate surface area is 219 Å². The molecule has 1 N–H and O–H groups in total. The van der Waals surface area contributed by atoms with Gasteiger partial charge in [-0.05, 0) is 93.4 Å². The predicted octanol–water partition coefficient (Wildman–Crippen LogP) is 6.30. The predicted molar refractivity (Wildman–Crippen MR) is 138 cm³/mol. The Hall–Kier alpha value is -3.85. The number of hydrogen-bond donors (Lipinski definition) is 1. The van der Waals surface area contributed by atoms with E-state index in [0.717, 1.165) is 17.2 Å². The molecule has 38 heavy (non-hydrogen) atoms. The highest BCUT2D eigenvalue weighted by Crippen LogP contribution is 2.39. The number of nitrogens with zero attached hydrogens (tertiary/aromatic N) is 1. The minimum atomic E-state index is -4.62. The number of piperidine rings is 1. The first-order valence-corrected chi connectivity index (χ1v) is 12.3. The lowest BCUT2D eigenvalue weighted by molar-refractivity contribution is -0.138. The first-order chi connectivity index (χ1) is 18.1. The van der Waals surface area contributed by atoms with Gasteiger partial charge in [0.15, 0.2) is 0 Å². The van der Waals surface area contributed by atoms with Crippen molar-refractivity contribution in [1.82, 2.24) is 5.32 Å². The van der Waals surface area contributed by atoms with Gasteiger partial charge in [0.2, 0.25) is 0 Å². The monoisotopic (exact) mass is 526 g/mol. The van der Waals surface area contributed by atoms with Crippen LogP contribution in [0, 0.1) is 13.8 Å². The van der Waals surface area contributed by atoms with E-state index < -0.39 is 23.5 Å². The van der Waals surface area contributed by atoms with Crippen molar-refractivity contribution in [2.45, 2.75) is 38.9 Å². The number of aryl methyl sites for hydroxylation is 2. The molecule has 1 amide bonds. The number of carbonyl (C=O) groups excluding carboxylic acids is 2. The zero-order valence-electron chi connectivity index (χ0n) is 21.4. The van der Waals surface area contributed by atoms with E-state index in [1.807, 2.05) is 26.0 Å². The van der Waals surface area contributed by atoms with Crippen LogP contribution in [0.3, 0.4) is 0 Å². The van der Waals surface area contributed by atoms with Gasteiger partial charge in [-0.2, -0.15) is 13.2 Å². The van der Waals surface area contributed by atoms with Crippen molar-refractivity contribution in [2.75, 3.05) is 25.1 Å². The number of benzene rings is 3. The van der Waals surface area contributed by atoms with E-state index in [4.69, 9.17) is 9.47 Å². The molecule has 9 heteroatoms. The zero-order valence-corrected chi connectivity index (χ0v) is 21.4. The summed E-state index contributed by atoms with van der Waals surface area (Å²) in [7, 11) is 1.21. The van der Waals surface area contributed by atoms with Crippen molar-refractivity contribution in [3.63, 3.8) is 0 Å². The number of para-hydroxylation sites is 1. The van der Waals surface area contributed by atoms with Crippen molar-refractivity contribution in [3.8, 4) is 11.5 Å². The average Bonchev–Trinajstić information content (AvgIpc) is 2.91. The molecule has 1 aliphatic rings. The molecule has 0 aliphatic carbocycles. The number of nitrogens with one attached hydrogen (secondary N) is 1. The number of ether oxygens (including phenoxy) is 2. The zero-order chi connectivity index (χ0) is 27.4. The number of hydrogen-bond acceptors (Lipinski definition) is 5. The van der Waals surface area contributed by atoms with E-state index >= 15 is 0 Å². The molecule has 0 aromatic heterocycles. The normalized spacial score (nSPS) is 14.2. The number of methoxy groups -OCH3 is 1. The number of anilines is 1. The lowest BCUT2D eigenvalue weighted by Gasteiger charge is -2.36. The van der Waals surface area contributed by atoms with Gasteiger partial charge in [0.05, 0.1) is 23.9 Å². The number of alkyl halides is 3. The number of halogens is 3. The Bertz CT molecular complexity index is 1330. The maximum Gasteiger partial charge on any atom is 0.419 e. The van der Waals surface area contributed by atoms with Crippen molar-refractivity contribution < 1.29 is 32.2 Å². The molecular weight excluding hydrogens is 497 g/mol. The van der Waals surface area contributed by atoms with Crippen LogP contribution in [0.4, 0.5) is 18.9 Å². The molecule has 0 spiro atoms. The molecule has 1 saturated heterocycles. The number of amides is 1. The van der Waals surface area contributed by atoms with Gasteiger partial charge in [-0.1, -0.05) is 18.2 Å². The lowest BCUT2D eigenvalue weighted by atomic mass is 9.99. The van der Waals surface area contributed by atoms with E-state index in [0.29, 0.717) is 37.2 Å². The molecule has 3 aromatic carbocycles. The minimum Gasteiger partial charge on any atom is -0.465 e. The summed E-state index contributed by atoms with van der Waals surface area (Å²) in [5.74, 6) is -1.40. The second-order valence-electron chi connectivity index (χ2n) is 9.22. The third-order valence-corrected chi connectivity index (χ3v) is 6.70. The molecule has 0 saturated carbocycles. The van der Waals surface area contributed by atoms with E-state index in [9.17, 15) is 22.8 Å². The average molecular weight is 527 g/mol. The topological polar surface area (TPSA) is 67.9 Å². The summed E-state index contributed by atoms with van der Waals surface area (Å²) in [6, 6.07) is 14.4. The largest absolute Gasteiger partial charge is 0.465 e. The molecule has 1 heterocycles. The summed E-state index contributed by atoms with van der Waals surface area (Å²) in [5.41, 5.74) is 1.87. The van der Waals surface area contributed by atoms with Gasteiger partial charge in [-0.3, -0.25) is 4.79 Å². The van der Waals surface area contributed by atoms with E-state index in [1.54, 1.807) is 11.0 Å². The Balaban J connectivity index is 1.79. The quantitative estimate of drug-likeness (QED) is 0.382. The molecule has 4 rings (SSSR count). The van der Waals surface area contributed by atoms with Crippen LogP contribution < -0.4 is 15.0 Å². The lowest BCUT2D eigenvalue weighted by Crippen LogP contribution is -2.47. The number of carbonyl (C=O) groups is 2. The summed E-state index contributed by atoms with van der Waals surface area (Å²) < 4.78 is 51.0. The third-order valence-electron chi connectivity index (χ3n) is 6.70. The van der Waals surface area contributed by atoms with E-state index in [2.05, 4.69) is 5.32 Å². The first-order valence-electron chi connectivity index (χ1n) is 12.3. The Morgan fingerprint density at radius 3 is 2.32 bits per heavy atom. The fourth-order valence-corrected chi connectivity index (χ4v) is 4.53. The van der Waals surface area contributed by atoms with E-state index in [-0.39, 0.29) is 23.3 Å². The summed E-state index contributed by atoms with van der Waals surface area (Å²) in [6.07, 6.45) is -3.30. The van der Waals surface area contributed by atoms with Crippen LogP contribution in [0.5, 0.6) is 11.5 Å². The van der Waals surface area contributed by atoms with Crippen molar-refractivity contribution >= 4 is 17.6 Å². The molecule has 0 bridgehead atoms. The maximum atomic E-state index is 13.9. The van der Waals surface area contributed by atoms with Gasteiger partial charge in [0.1, 0.15) is 11.5 Å².